The highest BCUT2D eigenvalue weighted by Crippen LogP contribution is 2.35. The summed E-state index contributed by atoms with van der Waals surface area (Å²) in [5.74, 6) is 0.599. The van der Waals surface area contributed by atoms with E-state index in [4.69, 9.17) is 9.97 Å². The number of aromatic nitrogens is 4. The van der Waals surface area contributed by atoms with Crippen LogP contribution in [-0.2, 0) is 11.2 Å². The van der Waals surface area contributed by atoms with Gasteiger partial charge in [0.1, 0.15) is 12.2 Å². The van der Waals surface area contributed by atoms with E-state index >= 15 is 0 Å². The molecule has 2 heterocycles. The molecule has 0 spiro atoms. The van der Waals surface area contributed by atoms with Crippen LogP contribution in [0.15, 0.2) is 97.3 Å². The Morgan fingerprint density at radius 1 is 0.915 bits per heavy atom. The van der Waals surface area contributed by atoms with Crippen LogP contribution in [0.2, 0.25) is 0 Å². The van der Waals surface area contributed by atoms with Crippen molar-refractivity contribution in [2.24, 2.45) is 0 Å². The number of aliphatic hydroxyl groups excluding tert-OH is 3. The molecule has 6 N–H and O–H groups in total. The molecule has 2 aromatic heterocycles. The lowest BCUT2D eigenvalue weighted by molar-refractivity contribution is -0.122. The number of fused-ring (bicyclic) bond motifs is 1. The van der Waals surface area contributed by atoms with Crippen molar-refractivity contribution < 1.29 is 20.1 Å². The summed E-state index contributed by atoms with van der Waals surface area (Å²) in [7, 11) is 0. The summed E-state index contributed by atoms with van der Waals surface area (Å²) >= 11 is 0. The number of aliphatic hydroxyl groups is 3. The van der Waals surface area contributed by atoms with Crippen molar-refractivity contribution in [3.63, 3.8) is 0 Å². The topological polar surface area (TPSA) is 157 Å². The molecule has 11 heteroatoms. The van der Waals surface area contributed by atoms with Gasteiger partial charge in [0.15, 0.2) is 17.0 Å². The van der Waals surface area contributed by atoms with Gasteiger partial charge in [-0.3, -0.25) is 4.79 Å². The van der Waals surface area contributed by atoms with Crippen LogP contribution >= 0.6 is 0 Å². The van der Waals surface area contributed by atoms with E-state index in [2.05, 4.69) is 45.2 Å². The monoisotopic (exact) mass is 635 g/mol. The third kappa shape index (κ3) is 7.27. The van der Waals surface area contributed by atoms with E-state index in [0.29, 0.717) is 36.4 Å². The molecule has 0 saturated heterocycles. The number of imidazole rings is 1. The Morgan fingerprint density at radius 3 is 2.17 bits per heavy atom. The van der Waals surface area contributed by atoms with Crippen LogP contribution in [-0.4, -0.2) is 78.2 Å². The van der Waals surface area contributed by atoms with Crippen molar-refractivity contribution in [3.05, 3.63) is 114 Å². The minimum absolute atomic E-state index is 0.0129. The minimum atomic E-state index is -1.15. The summed E-state index contributed by atoms with van der Waals surface area (Å²) in [5, 5.41) is 41.9. The molecule has 0 radical (unpaired) electrons. The number of nitrogens with zero attached hydrogens (tertiary/aromatic N) is 4. The average molecular weight is 636 g/mol. The second kappa shape index (κ2) is 14.7. The molecule has 5 aromatic rings. The average Bonchev–Trinajstić information content (AvgIpc) is 3.65. The number of amides is 1. The summed E-state index contributed by atoms with van der Waals surface area (Å²) in [6, 6.07) is 28.8. The Morgan fingerprint density at radius 2 is 1.55 bits per heavy atom. The van der Waals surface area contributed by atoms with Gasteiger partial charge < -0.3 is 35.8 Å². The van der Waals surface area contributed by atoms with E-state index in [9.17, 15) is 20.1 Å². The normalized spacial score (nSPS) is 19.9. The number of nitrogens with one attached hydrogen (secondary N) is 3. The van der Waals surface area contributed by atoms with Gasteiger partial charge in [-0.1, -0.05) is 97.9 Å². The van der Waals surface area contributed by atoms with Gasteiger partial charge in [-0.25, -0.2) is 4.98 Å². The highest BCUT2D eigenvalue weighted by atomic mass is 16.3. The van der Waals surface area contributed by atoms with Crippen LogP contribution in [0, 0.1) is 0 Å². The van der Waals surface area contributed by atoms with Gasteiger partial charge in [0.2, 0.25) is 11.9 Å². The molecule has 1 aliphatic carbocycles. The molecular weight excluding hydrogens is 594 g/mol. The maximum absolute atomic E-state index is 12.1. The lowest BCUT2D eigenvalue weighted by Crippen LogP contribution is -2.42. The van der Waals surface area contributed by atoms with E-state index in [0.717, 1.165) is 16.7 Å². The summed E-state index contributed by atoms with van der Waals surface area (Å²) in [5.41, 5.74) is 4.30. The van der Waals surface area contributed by atoms with E-state index in [1.165, 1.54) is 0 Å². The van der Waals surface area contributed by atoms with E-state index in [1.807, 2.05) is 66.7 Å². The molecule has 5 atom stereocenters. The number of carbonyl (C=O) groups excluding carboxylic acids is 1. The number of hydrogen-bond acceptors (Lipinski definition) is 9. The number of carbonyl (C=O) groups is 1. The Kier molecular flexibility index (Phi) is 10.1. The first kappa shape index (κ1) is 32.1. The molecule has 47 heavy (non-hydrogen) atoms. The smallest absolute Gasteiger partial charge is 0.227 e. The second-order valence-electron chi connectivity index (χ2n) is 12.0. The van der Waals surface area contributed by atoms with Crippen LogP contribution in [0.5, 0.6) is 0 Å². The van der Waals surface area contributed by atoms with Crippen LogP contribution in [0.25, 0.3) is 11.2 Å². The van der Waals surface area contributed by atoms with Gasteiger partial charge in [0.05, 0.1) is 31.1 Å². The molecule has 11 nitrogen and oxygen atoms in total. The SMILES string of the molecule is CCC(=O)N[C@H]1CC(n2cnc3c(NCC(c4ccccc4)c4ccccc4)nc(N[C@H](CO)Cc4ccccc4)nc32)[C@H](O)[C@@H]1O. The fourth-order valence-electron chi connectivity index (χ4n) is 6.32. The summed E-state index contributed by atoms with van der Waals surface area (Å²) in [6.45, 7) is 2.11. The van der Waals surface area contributed by atoms with Crippen LogP contribution in [0.4, 0.5) is 11.8 Å². The fraction of sp³-hybridized carbons (Fsp3) is 0.333. The van der Waals surface area contributed by atoms with Crippen molar-refractivity contribution in [1.29, 1.82) is 0 Å². The van der Waals surface area contributed by atoms with Crippen molar-refractivity contribution in [1.82, 2.24) is 24.8 Å². The number of rotatable bonds is 13. The van der Waals surface area contributed by atoms with Crippen LogP contribution in [0.1, 0.15) is 48.4 Å². The van der Waals surface area contributed by atoms with E-state index in [-0.39, 0.29) is 36.8 Å². The van der Waals surface area contributed by atoms with Gasteiger partial charge in [-0.05, 0) is 29.5 Å². The third-order valence-electron chi connectivity index (χ3n) is 8.85. The highest BCUT2D eigenvalue weighted by Gasteiger charge is 2.43. The van der Waals surface area contributed by atoms with Gasteiger partial charge in [-0.2, -0.15) is 9.97 Å². The molecular formula is C36H41N7O4. The quantitative estimate of drug-likeness (QED) is 0.114. The molecule has 1 amide bonds. The Hall–Kier alpha value is -4.84. The zero-order valence-electron chi connectivity index (χ0n) is 26.3. The van der Waals surface area contributed by atoms with E-state index in [1.54, 1.807) is 17.8 Å². The zero-order chi connectivity index (χ0) is 32.8. The molecule has 1 saturated carbocycles. The molecule has 1 unspecified atom stereocenters. The largest absolute Gasteiger partial charge is 0.394 e. The molecule has 1 fully saturated rings. The molecule has 3 aromatic carbocycles. The fourth-order valence-corrected chi connectivity index (χ4v) is 6.32. The van der Waals surface area contributed by atoms with Gasteiger partial charge in [-0.15, -0.1) is 0 Å². The van der Waals surface area contributed by atoms with Gasteiger partial charge >= 0.3 is 0 Å². The Balaban J connectivity index is 1.35. The van der Waals surface area contributed by atoms with Crippen LogP contribution in [0.3, 0.4) is 0 Å². The van der Waals surface area contributed by atoms with Gasteiger partial charge in [0.25, 0.3) is 0 Å². The van der Waals surface area contributed by atoms with Crippen molar-refractivity contribution in [3.8, 4) is 0 Å². The molecule has 244 valence electrons. The van der Waals surface area contributed by atoms with Gasteiger partial charge in [0, 0.05) is 18.9 Å². The lowest BCUT2D eigenvalue weighted by Gasteiger charge is -2.21. The Labute approximate surface area is 273 Å². The number of benzene rings is 3. The van der Waals surface area contributed by atoms with Crippen LogP contribution < -0.4 is 16.0 Å². The van der Waals surface area contributed by atoms with Crippen molar-refractivity contribution in [2.45, 2.75) is 62.4 Å². The summed E-state index contributed by atoms with van der Waals surface area (Å²) in [6.07, 6.45) is 0.423. The summed E-state index contributed by atoms with van der Waals surface area (Å²) < 4.78 is 1.75. The number of hydrogen-bond donors (Lipinski definition) is 6. The second-order valence-corrected chi connectivity index (χ2v) is 12.0. The first-order chi connectivity index (χ1) is 22.9. The molecule has 1 aliphatic rings. The number of anilines is 2. The predicted molar refractivity (Wildman–Crippen MR) is 181 cm³/mol. The summed E-state index contributed by atoms with van der Waals surface area (Å²) in [4.78, 5) is 26.5. The lowest BCUT2D eigenvalue weighted by atomic mass is 9.91. The first-order valence-electron chi connectivity index (χ1n) is 16.1. The maximum Gasteiger partial charge on any atom is 0.227 e. The predicted octanol–water partition coefficient (Wildman–Crippen LogP) is 3.65. The van der Waals surface area contributed by atoms with Crippen molar-refractivity contribution in [2.75, 3.05) is 23.8 Å². The molecule has 6 rings (SSSR count). The molecule has 0 bridgehead atoms. The third-order valence-corrected chi connectivity index (χ3v) is 8.85. The highest BCUT2D eigenvalue weighted by molar-refractivity contribution is 5.84. The standard InChI is InChI=1S/C36H41N7O4/c1-2-30(45)40-28-19-29(33(47)32(28)46)43-22-38-31-34(37-20-27(24-14-8-4-9-15-24)25-16-10-5-11-17-25)41-36(42-35(31)43)39-26(21-44)18-23-12-6-3-7-13-23/h3-17,22,26-29,32-33,44,46-47H,2,18-21H2,1H3,(H,40,45)(H2,37,39,41,42)/t26-,28-,29?,32+,33-/m0/s1. The minimum Gasteiger partial charge on any atom is -0.394 e. The van der Waals surface area contributed by atoms with Crippen molar-refractivity contribution >= 4 is 28.8 Å². The zero-order valence-corrected chi connectivity index (χ0v) is 26.3. The van der Waals surface area contributed by atoms with E-state index < -0.39 is 24.3 Å². The maximum atomic E-state index is 12.1. The molecule has 0 aliphatic heterocycles. The Bertz CT molecular complexity index is 1710. The first-order valence-corrected chi connectivity index (χ1v) is 16.1.